The molecule has 198 valence electrons. The Morgan fingerprint density at radius 3 is 2.44 bits per heavy atom. The van der Waals surface area contributed by atoms with E-state index in [0.29, 0.717) is 11.5 Å². The monoisotopic (exact) mass is 520 g/mol. The molecule has 1 aliphatic carbocycles. The van der Waals surface area contributed by atoms with E-state index >= 15 is 0 Å². The largest absolute Gasteiger partial charge is 0.481 e. The van der Waals surface area contributed by atoms with Gasteiger partial charge in [-0.2, -0.15) is 4.31 Å². The SMILES string of the molecule is CN(C[C@H](O)CNC(C)(C)CC1Cc2ccccc2C1)S(=O)(=O)c1cc(F)cc(CCCC(=O)O)c1. The van der Waals surface area contributed by atoms with Crippen molar-refractivity contribution in [1.82, 2.24) is 9.62 Å². The zero-order chi connectivity index (χ0) is 26.5. The molecule has 0 bridgehead atoms. The van der Waals surface area contributed by atoms with E-state index < -0.39 is 27.9 Å². The van der Waals surface area contributed by atoms with Gasteiger partial charge in [-0.15, -0.1) is 0 Å². The number of hydrogen-bond acceptors (Lipinski definition) is 5. The molecule has 3 N–H and O–H groups in total. The first-order valence-corrected chi connectivity index (χ1v) is 13.8. The van der Waals surface area contributed by atoms with E-state index in [-0.39, 0.29) is 42.8 Å². The van der Waals surface area contributed by atoms with E-state index in [1.165, 1.54) is 30.3 Å². The van der Waals surface area contributed by atoms with Crippen LogP contribution < -0.4 is 5.32 Å². The number of likely N-dealkylation sites (N-methyl/N-ethyl adjacent to an activating group) is 1. The van der Waals surface area contributed by atoms with Gasteiger partial charge in [-0.25, -0.2) is 12.8 Å². The minimum Gasteiger partial charge on any atom is -0.481 e. The fraction of sp³-hybridized carbons (Fsp3) is 0.519. The van der Waals surface area contributed by atoms with Crippen LogP contribution in [-0.4, -0.2) is 60.7 Å². The molecule has 9 heteroatoms. The summed E-state index contributed by atoms with van der Waals surface area (Å²) in [5.74, 6) is -1.14. The molecule has 7 nitrogen and oxygen atoms in total. The molecule has 0 amide bonds. The normalized spacial score (nSPS) is 15.3. The number of sulfonamides is 1. The number of carboxylic acids is 1. The maximum atomic E-state index is 14.1. The van der Waals surface area contributed by atoms with Gasteiger partial charge in [-0.1, -0.05) is 24.3 Å². The van der Waals surface area contributed by atoms with Crippen molar-refractivity contribution in [3.63, 3.8) is 0 Å². The van der Waals surface area contributed by atoms with Gasteiger partial charge in [-0.05, 0) is 86.8 Å². The molecular formula is C27H37FN2O5S. The first-order valence-electron chi connectivity index (χ1n) is 12.3. The van der Waals surface area contributed by atoms with Crippen LogP contribution in [0.25, 0.3) is 0 Å². The van der Waals surface area contributed by atoms with E-state index in [4.69, 9.17) is 5.11 Å². The van der Waals surface area contributed by atoms with Gasteiger partial charge in [0.25, 0.3) is 0 Å². The fourth-order valence-corrected chi connectivity index (χ4v) is 6.27. The van der Waals surface area contributed by atoms with Crippen LogP contribution in [0.1, 0.15) is 49.8 Å². The average molecular weight is 521 g/mol. The second-order valence-electron chi connectivity index (χ2n) is 10.5. The number of carboxylic acid groups (broad SMARTS) is 1. The number of carbonyl (C=O) groups is 1. The Morgan fingerprint density at radius 1 is 1.19 bits per heavy atom. The average Bonchev–Trinajstić information content (AvgIpc) is 3.18. The molecule has 0 aliphatic heterocycles. The summed E-state index contributed by atoms with van der Waals surface area (Å²) in [6, 6.07) is 12.0. The number of nitrogens with zero attached hydrogens (tertiary/aromatic N) is 1. The molecule has 0 aromatic heterocycles. The maximum absolute atomic E-state index is 14.1. The van der Waals surface area contributed by atoms with Crippen LogP contribution in [-0.2, 0) is 34.1 Å². The zero-order valence-electron chi connectivity index (χ0n) is 21.2. The number of hydrogen-bond donors (Lipinski definition) is 3. The Morgan fingerprint density at radius 2 is 1.83 bits per heavy atom. The van der Waals surface area contributed by atoms with Crippen LogP contribution >= 0.6 is 0 Å². The molecule has 0 saturated carbocycles. The molecule has 36 heavy (non-hydrogen) atoms. The van der Waals surface area contributed by atoms with E-state index in [0.717, 1.165) is 29.6 Å². The molecular weight excluding hydrogens is 483 g/mol. The number of aliphatic carboxylic acids is 1. The lowest BCUT2D eigenvalue weighted by Crippen LogP contribution is -2.47. The smallest absolute Gasteiger partial charge is 0.303 e. The van der Waals surface area contributed by atoms with Crippen LogP contribution in [0.2, 0.25) is 0 Å². The molecule has 1 aliphatic rings. The van der Waals surface area contributed by atoms with Gasteiger partial charge in [0.1, 0.15) is 5.82 Å². The first-order chi connectivity index (χ1) is 16.9. The summed E-state index contributed by atoms with van der Waals surface area (Å²) in [7, 11) is -2.68. The number of nitrogens with one attached hydrogen (secondary N) is 1. The molecule has 0 fully saturated rings. The van der Waals surface area contributed by atoms with E-state index in [9.17, 15) is 22.7 Å². The van der Waals surface area contributed by atoms with Gasteiger partial charge in [0.15, 0.2) is 0 Å². The standard InChI is InChI=1S/C27H37FN2O5S/c1-27(2,16-20-11-21-8-4-5-9-22(21)12-20)29-17-24(31)18-30(3)36(34,35)25-14-19(13-23(28)15-25)7-6-10-26(32)33/h4-5,8-9,13-15,20,24,29,31H,6-7,10-12,16-18H2,1-3H3,(H,32,33)/t24-/m1/s1. The molecule has 0 saturated heterocycles. The number of fused-ring (bicyclic) bond motifs is 1. The third-order valence-corrected chi connectivity index (χ3v) is 8.52. The number of benzene rings is 2. The van der Waals surface area contributed by atoms with Crippen LogP contribution in [0.3, 0.4) is 0 Å². The van der Waals surface area contributed by atoms with Crippen molar-refractivity contribution >= 4 is 16.0 Å². The number of aryl methyl sites for hydroxylation is 1. The lowest BCUT2D eigenvalue weighted by Gasteiger charge is -2.31. The number of β-amino-alcohol motifs (C(OH)–C–C–N with tert-alkyl or cyclic N) is 1. The predicted molar refractivity (Wildman–Crippen MR) is 137 cm³/mol. The summed E-state index contributed by atoms with van der Waals surface area (Å²) in [6.45, 7) is 4.24. The molecule has 3 rings (SSSR count). The van der Waals surface area contributed by atoms with Crippen molar-refractivity contribution < 1.29 is 27.8 Å². The number of halogens is 1. The molecule has 0 heterocycles. The highest BCUT2D eigenvalue weighted by Crippen LogP contribution is 2.32. The highest BCUT2D eigenvalue weighted by atomic mass is 32.2. The molecule has 0 spiro atoms. The predicted octanol–water partition coefficient (Wildman–Crippen LogP) is 3.39. The van der Waals surface area contributed by atoms with Gasteiger partial charge < -0.3 is 15.5 Å². The van der Waals surface area contributed by atoms with E-state index in [2.05, 4.69) is 43.4 Å². The molecule has 2 aromatic carbocycles. The summed E-state index contributed by atoms with van der Waals surface area (Å²) in [4.78, 5) is 10.5. The van der Waals surface area contributed by atoms with Crippen LogP contribution in [0.5, 0.6) is 0 Å². The van der Waals surface area contributed by atoms with Gasteiger partial charge in [-0.3, -0.25) is 4.79 Å². The molecule has 0 unspecified atom stereocenters. The lowest BCUT2D eigenvalue weighted by atomic mass is 9.88. The maximum Gasteiger partial charge on any atom is 0.303 e. The Balaban J connectivity index is 1.53. The minimum atomic E-state index is -4.03. The third-order valence-electron chi connectivity index (χ3n) is 6.71. The second-order valence-corrected chi connectivity index (χ2v) is 12.5. The van der Waals surface area contributed by atoms with Crippen LogP contribution in [0.4, 0.5) is 4.39 Å². The van der Waals surface area contributed by atoms with Crippen molar-refractivity contribution in [1.29, 1.82) is 0 Å². The number of aliphatic hydroxyl groups excluding tert-OH is 1. The topological polar surface area (TPSA) is 107 Å². The van der Waals surface area contributed by atoms with Gasteiger partial charge in [0, 0.05) is 32.1 Å². The summed E-state index contributed by atoms with van der Waals surface area (Å²) in [5.41, 5.74) is 2.97. The highest BCUT2D eigenvalue weighted by molar-refractivity contribution is 7.89. The van der Waals surface area contributed by atoms with Crippen molar-refractivity contribution in [2.24, 2.45) is 5.92 Å². The Kier molecular flexibility index (Phi) is 9.27. The Bertz CT molecular complexity index is 1140. The quantitative estimate of drug-likeness (QED) is 0.374. The molecule has 0 radical (unpaired) electrons. The van der Waals surface area contributed by atoms with Crippen molar-refractivity contribution in [3.05, 3.63) is 65.0 Å². The Hall–Kier alpha value is -2.33. The molecule has 1 atom stereocenters. The summed E-state index contributed by atoms with van der Waals surface area (Å²) in [6.07, 6.45) is 2.50. The summed E-state index contributed by atoms with van der Waals surface area (Å²) >= 11 is 0. The van der Waals surface area contributed by atoms with Crippen LogP contribution in [0, 0.1) is 11.7 Å². The van der Waals surface area contributed by atoms with Gasteiger partial charge in [0.2, 0.25) is 10.0 Å². The minimum absolute atomic E-state index is 0.0816. The van der Waals surface area contributed by atoms with E-state index in [1.54, 1.807) is 0 Å². The van der Waals surface area contributed by atoms with Gasteiger partial charge in [0.05, 0.1) is 11.0 Å². The van der Waals surface area contributed by atoms with Crippen LogP contribution in [0.15, 0.2) is 47.4 Å². The second kappa shape index (κ2) is 11.8. The fourth-order valence-electron chi connectivity index (χ4n) is 4.98. The Labute approximate surface area is 213 Å². The van der Waals surface area contributed by atoms with Gasteiger partial charge >= 0.3 is 5.97 Å². The molecule has 2 aromatic rings. The number of aliphatic hydroxyl groups is 1. The lowest BCUT2D eigenvalue weighted by molar-refractivity contribution is -0.137. The zero-order valence-corrected chi connectivity index (χ0v) is 22.0. The van der Waals surface area contributed by atoms with Crippen molar-refractivity contribution in [2.75, 3.05) is 20.1 Å². The van der Waals surface area contributed by atoms with E-state index in [1.807, 2.05) is 0 Å². The van der Waals surface area contributed by atoms with Crippen molar-refractivity contribution in [2.45, 2.75) is 68.9 Å². The highest BCUT2D eigenvalue weighted by Gasteiger charge is 2.29. The first kappa shape index (κ1) is 28.2. The summed E-state index contributed by atoms with van der Waals surface area (Å²) in [5, 5.41) is 22.7. The number of rotatable bonds is 13. The third kappa shape index (κ3) is 7.83. The van der Waals surface area contributed by atoms with Crippen molar-refractivity contribution in [3.8, 4) is 0 Å². The summed E-state index contributed by atoms with van der Waals surface area (Å²) < 4.78 is 41.2.